The molecule has 252 valence electrons. The number of amides is 4. The molecular formula is C33H40F3N7O4. The molecule has 4 heterocycles. The molecule has 0 radical (unpaired) electrons. The van der Waals surface area contributed by atoms with E-state index in [-0.39, 0.29) is 35.0 Å². The number of carbonyl (C=O) groups is 3. The number of likely N-dealkylation sites (tertiary alicyclic amines) is 2. The SMILES string of the molecule is CN(C)C1CCN(C(=O)[C@@H](Cc2cc(C(F)(F)F)c3[nH]ncc3c2)OC(=O)N2CCC(N3CCc4ccccc4NC3=O)CC2)CC1. The quantitative estimate of drug-likeness (QED) is 0.397. The number of halogens is 3. The van der Waals surface area contributed by atoms with Crippen molar-refractivity contribution in [1.82, 2.24) is 29.8 Å². The third kappa shape index (κ3) is 7.16. The number of anilines is 1. The van der Waals surface area contributed by atoms with Gasteiger partial charge in [0, 0.05) is 62.3 Å². The highest BCUT2D eigenvalue weighted by Crippen LogP contribution is 2.35. The van der Waals surface area contributed by atoms with Crippen molar-refractivity contribution in [3.05, 3.63) is 59.3 Å². The summed E-state index contributed by atoms with van der Waals surface area (Å²) in [6, 6.07) is 10.3. The van der Waals surface area contributed by atoms with E-state index in [9.17, 15) is 27.6 Å². The Morgan fingerprint density at radius 3 is 2.43 bits per heavy atom. The maximum Gasteiger partial charge on any atom is 0.418 e. The molecule has 0 unspecified atom stereocenters. The fraction of sp³-hybridized carbons (Fsp3) is 0.515. The van der Waals surface area contributed by atoms with Crippen LogP contribution in [0.4, 0.5) is 28.4 Å². The highest BCUT2D eigenvalue weighted by Gasteiger charge is 2.37. The standard InChI is InChI=1S/C33H40F3N7O4/c1-40(2)24-8-12-41(13-9-24)30(44)28(19-21-17-23-20-37-39-29(23)26(18-21)33(34,35)36)47-32(46)42-14-10-25(11-15-42)43-16-7-22-5-3-4-6-27(22)38-31(43)45/h3-6,17-18,20,24-25,28H,7-16,19H2,1-2H3,(H,37,39)(H,38,45)/t28-/m1/s1. The lowest BCUT2D eigenvalue weighted by molar-refractivity contribution is -0.142. The number of hydrogen-bond acceptors (Lipinski definition) is 6. The van der Waals surface area contributed by atoms with Crippen LogP contribution in [0.5, 0.6) is 0 Å². The summed E-state index contributed by atoms with van der Waals surface area (Å²) < 4.78 is 47.7. The number of piperidine rings is 2. The van der Waals surface area contributed by atoms with Crippen molar-refractivity contribution < 1.29 is 32.3 Å². The van der Waals surface area contributed by atoms with Crippen LogP contribution in [0.25, 0.3) is 10.9 Å². The second kappa shape index (κ2) is 13.4. The van der Waals surface area contributed by atoms with E-state index < -0.39 is 29.8 Å². The highest BCUT2D eigenvalue weighted by molar-refractivity contribution is 5.91. The molecule has 11 nitrogen and oxygen atoms in total. The maximum atomic E-state index is 14.0. The number of aromatic amines is 1. The average Bonchev–Trinajstić information content (AvgIpc) is 3.46. The Kier molecular flexibility index (Phi) is 9.31. The Hall–Kier alpha value is -4.33. The van der Waals surface area contributed by atoms with E-state index in [1.807, 2.05) is 43.3 Å². The Balaban J connectivity index is 1.15. The number of alkyl halides is 3. The number of H-pyrrole nitrogens is 1. The molecule has 1 aromatic heterocycles. The molecule has 3 aliphatic heterocycles. The molecule has 0 bridgehead atoms. The normalized spacial score (nSPS) is 19.0. The van der Waals surface area contributed by atoms with Crippen LogP contribution < -0.4 is 5.32 Å². The van der Waals surface area contributed by atoms with E-state index in [1.165, 1.54) is 17.2 Å². The van der Waals surface area contributed by atoms with Gasteiger partial charge in [-0.3, -0.25) is 9.89 Å². The number of nitrogens with zero attached hydrogens (tertiary/aromatic N) is 5. The Labute approximate surface area is 271 Å². The fourth-order valence-corrected chi connectivity index (χ4v) is 6.96. The zero-order valence-electron chi connectivity index (χ0n) is 26.6. The van der Waals surface area contributed by atoms with Gasteiger partial charge in [-0.2, -0.15) is 18.3 Å². The smallest absolute Gasteiger partial charge is 0.418 e. The molecule has 2 fully saturated rings. The number of aromatic nitrogens is 2. The lowest BCUT2D eigenvalue weighted by Crippen LogP contribution is -2.52. The molecule has 47 heavy (non-hydrogen) atoms. The summed E-state index contributed by atoms with van der Waals surface area (Å²) in [6.45, 7) is 2.10. The molecule has 4 amide bonds. The molecule has 2 saturated heterocycles. The zero-order chi connectivity index (χ0) is 33.3. The lowest BCUT2D eigenvalue weighted by Gasteiger charge is -2.39. The minimum atomic E-state index is -4.65. The van der Waals surface area contributed by atoms with E-state index in [2.05, 4.69) is 20.4 Å². The number of para-hydroxylation sites is 1. The van der Waals surface area contributed by atoms with Gasteiger partial charge in [0.15, 0.2) is 6.10 Å². The second-order valence-corrected chi connectivity index (χ2v) is 12.8. The van der Waals surface area contributed by atoms with E-state index in [0.29, 0.717) is 58.0 Å². The first-order valence-electron chi connectivity index (χ1n) is 16.1. The maximum absolute atomic E-state index is 14.0. The lowest BCUT2D eigenvalue weighted by atomic mass is 9.99. The predicted molar refractivity (Wildman–Crippen MR) is 169 cm³/mol. The molecular weight excluding hydrogens is 615 g/mol. The van der Waals surface area contributed by atoms with Gasteiger partial charge >= 0.3 is 18.3 Å². The van der Waals surface area contributed by atoms with Gasteiger partial charge in [-0.25, -0.2) is 9.59 Å². The zero-order valence-corrected chi connectivity index (χ0v) is 26.6. The molecule has 0 saturated carbocycles. The first kappa shape index (κ1) is 32.6. The Morgan fingerprint density at radius 1 is 1.02 bits per heavy atom. The van der Waals surface area contributed by atoms with Crippen LogP contribution in [-0.2, 0) is 28.5 Å². The van der Waals surface area contributed by atoms with Gasteiger partial charge in [0.05, 0.1) is 17.3 Å². The molecule has 0 spiro atoms. The molecule has 3 aromatic rings. The summed E-state index contributed by atoms with van der Waals surface area (Å²) in [5, 5.41) is 9.42. The van der Waals surface area contributed by atoms with Crippen molar-refractivity contribution in [2.24, 2.45) is 0 Å². The molecule has 1 atom stereocenters. The monoisotopic (exact) mass is 655 g/mol. The van der Waals surface area contributed by atoms with Crippen molar-refractivity contribution in [1.29, 1.82) is 0 Å². The minimum Gasteiger partial charge on any atom is -0.436 e. The van der Waals surface area contributed by atoms with Crippen molar-refractivity contribution in [2.45, 2.75) is 62.9 Å². The average molecular weight is 656 g/mol. The van der Waals surface area contributed by atoms with E-state index >= 15 is 0 Å². The number of fused-ring (bicyclic) bond motifs is 2. The first-order valence-corrected chi connectivity index (χ1v) is 16.1. The van der Waals surface area contributed by atoms with Crippen molar-refractivity contribution in [3.63, 3.8) is 0 Å². The van der Waals surface area contributed by atoms with Crippen LogP contribution in [0.3, 0.4) is 0 Å². The third-order valence-electron chi connectivity index (χ3n) is 9.67. The van der Waals surface area contributed by atoms with Gasteiger partial charge in [-0.05, 0) is 75.5 Å². The van der Waals surface area contributed by atoms with Crippen LogP contribution in [0.2, 0.25) is 0 Å². The molecule has 2 aromatic carbocycles. The highest BCUT2D eigenvalue weighted by atomic mass is 19.4. The number of rotatable bonds is 6. The number of ether oxygens (including phenoxy) is 1. The number of hydrogen-bond donors (Lipinski definition) is 2. The van der Waals surface area contributed by atoms with Crippen LogP contribution in [0, 0.1) is 0 Å². The molecule has 3 aliphatic rings. The number of nitrogens with one attached hydrogen (secondary N) is 2. The number of carbonyl (C=O) groups excluding carboxylic acids is 3. The Morgan fingerprint density at radius 2 is 1.72 bits per heavy atom. The molecule has 6 rings (SSSR count). The van der Waals surface area contributed by atoms with Crippen molar-refractivity contribution >= 4 is 34.6 Å². The number of benzene rings is 2. The minimum absolute atomic E-state index is 0.0775. The summed E-state index contributed by atoms with van der Waals surface area (Å²) in [4.78, 5) is 47.5. The molecule has 14 heteroatoms. The fourth-order valence-electron chi connectivity index (χ4n) is 6.96. The summed E-state index contributed by atoms with van der Waals surface area (Å²) in [5.41, 5.74) is 1.05. The van der Waals surface area contributed by atoms with Crippen LogP contribution >= 0.6 is 0 Å². The van der Waals surface area contributed by atoms with Crippen molar-refractivity contribution in [3.8, 4) is 0 Å². The van der Waals surface area contributed by atoms with Crippen molar-refractivity contribution in [2.75, 3.05) is 52.1 Å². The van der Waals surface area contributed by atoms with Gasteiger partial charge in [0.1, 0.15) is 0 Å². The summed E-state index contributed by atoms with van der Waals surface area (Å²) >= 11 is 0. The van der Waals surface area contributed by atoms with Gasteiger partial charge in [-0.15, -0.1) is 0 Å². The van der Waals surface area contributed by atoms with E-state index in [1.54, 1.807) is 4.90 Å². The van der Waals surface area contributed by atoms with Crippen LogP contribution in [0.1, 0.15) is 42.4 Å². The largest absolute Gasteiger partial charge is 0.436 e. The Bertz CT molecular complexity index is 1610. The van der Waals surface area contributed by atoms with Gasteiger partial charge < -0.3 is 29.7 Å². The van der Waals surface area contributed by atoms with Crippen LogP contribution in [0.15, 0.2) is 42.6 Å². The van der Waals surface area contributed by atoms with Gasteiger partial charge in [0.25, 0.3) is 5.91 Å². The second-order valence-electron chi connectivity index (χ2n) is 12.8. The van der Waals surface area contributed by atoms with E-state index in [0.717, 1.165) is 30.2 Å². The summed E-state index contributed by atoms with van der Waals surface area (Å²) in [7, 11) is 3.97. The predicted octanol–water partition coefficient (Wildman–Crippen LogP) is 4.74. The van der Waals surface area contributed by atoms with Gasteiger partial charge in [0.2, 0.25) is 0 Å². The van der Waals surface area contributed by atoms with E-state index in [4.69, 9.17) is 4.74 Å². The first-order chi connectivity index (χ1) is 22.5. The van der Waals surface area contributed by atoms with Crippen LogP contribution in [-0.4, -0.2) is 113 Å². The summed E-state index contributed by atoms with van der Waals surface area (Å²) in [6.07, 6.45) is -2.32. The topological polar surface area (TPSA) is 114 Å². The van der Waals surface area contributed by atoms with Gasteiger partial charge in [-0.1, -0.05) is 18.2 Å². The summed E-state index contributed by atoms with van der Waals surface area (Å²) in [5.74, 6) is -0.424. The molecule has 0 aliphatic carbocycles. The third-order valence-corrected chi connectivity index (χ3v) is 9.67. The molecule has 2 N–H and O–H groups in total. The number of urea groups is 1.